The normalized spacial score (nSPS) is 14.9. The fourth-order valence-electron chi connectivity index (χ4n) is 4.14. The Hall–Kier alpha value is -3.62. The van der Waals surface area contributed by atoms with Crippen LogP contribution in [0, 0.1) is 0 Å². The number of anilines is 1. The van der Waals surface area contributed by atoms with Gasteiger partial charge in [0.05, 0.1) is 30.1 Å². The summed E-state index contributed by atoms with van der Waals surface area (Å²) < 4.78 is 5.46. The predicted molar refractivity (Wildman–Crippen MR) is 126 cm³/mol. The van der Waals surface area contributed by atoms with Crippen molar-refractivity contribution in [1.29, 1.82) is 0 Å². The van der Waals surface area contributed by atoms with E-state index < -0.39 is 11.8 Å². The molecule has 4 aromatic rings. The number of ether oxygens (including phenoxy) is 1. The van der Waals surface area contributed by atoms with E-state index in [0.717, 1.165) is 40.9 Å². The molecule has 9 heteroatoms. The van der Waals surface area contributed by atoms with Gasteiger partial charge in [-0.2, -0.15) is 0 Å². The molecule has 1 unspecified atom stereocenters. The highest BCUT2D eigenvalue weighted by Gasteiger charge is 2.25. The van der Waals surface area contributed by atoms with Gasteiger partial charge in [-0.1, -0.05) is 17.7 Å². The Labute approximate surface area is 195 Å². The third-order valence-electron chi connectivity index (χ3n) is 5.76. The number of hydrogen-bond donors (Lipinski definition) is 1. The van der Waals surface area contributed by atoms with Gasteiger partial charge in [-0.25, -0.2) is 19.9 Å². The quantitative estimate of drug-likeness (QED) is 0.487. The molecule has 2 aromatic heterocycles. The van der Waals surface area contributed by atoms with Gasteiger partial charge in [0.25, 0.3) is 0 Å². The maximum atomic E-state index is 12.4. The number of nitrogens with zero attached hydrogens (tertiary/aromatic N) is 5. The molecule has 2 N–H and O–H groups in total. The number of benzene rings is 2. The minimum absolute atomic E-state index is 0.425. The number of carbonyl (C=O) groups excluding carboxylic acids is 1. The summed E-state index contributed by atoms with van der Waals surface area (Å²) in [5.74, 6) is -1.35. The number of fused-ring (bicyclic) bond motifs is 1. The molecule has 33 heavy (non-hydrogen) atoms. The summed E-state index contributed by atoms with van der Waals surface area (Å²) in [6, 6.07) is 13.3. The first-order chi connectivity index (χ1) is 16.1. The first kappa shape index (κ1) is 21.2. The fraction of sp³-hybridized carbons (Fsp3) is 0.208. The van der Waals surface area contributed by atoms with Crippen LogP contribution in [0.3, 0.4) is 0 Å². The maximum absolute atomic E-state index is 12.4. The molecule has 0 saturated carbocycles. The van der Waals surface area contributed by atoms with Crippen LogP contribution >= 0.6 is 11.6 Å². The zero-order valence-corrected chi connectivity index (χ0v) is 18.4. The highest BCUT2D eigenvalue weighted by atomic mass is 35.5. The van der Waals surface area contributed by atoms with Crippen molar-refractivity contribution in [3.05, 3.63) is 77.6 Å². The lowest BCUT2D eigenvalue weighted by molar-refractivity contribution is -0.118. The second-order valence-electron chi connectivity index (χ2n) is 7.73. The van der Waals surface area contributed by atoms with Crippen molar-refractivity contribution in [2.24, 2.45) is 5.73 Å². The molecule has 1 fully saturated rings. The average Bonchev–Trinajstić information content (AvgIpc) is 2.86. The molecule has 8 nitrogen and oxygen atoms in total. The number of primary amides is 1. The number of hydrogen-bond acceptors (Lipinski definition) is 7. The van der Waals surface area contributed by atoms with Crippen LogP contribution in [0.4, 0.5) is 5.69 Å². The fourth-order valence-corrected chi connectivity index (χ4v) is 4.36. The number of halogens is 1. The molecule has 3 heterocycles. The molecule has 5 rings (SSSR count). The van der Waals surface area contributed by atoms with Crippen molar-refractivity contribution in [1.82, 2.24) is 19.9 Å². The number of amides is 1. The van der Waals surface area contributed by atoms with E-state index in [1.807, 2.05) is 18.2 Å². The van der Waals surface area contributed by atoms with Crippen molar-refractivity contribution in [2.45, 2.75) is 5.92 Å². The molecular formula is C24H21ClN6O2. The third kappa shape index (κ3) is 4.22. The van der Waals surface area contributed by atoms with Crippen LogP contribution in [0.25, 0.3) is 22.2 Å². The first-order valence-corrected chi connectivity index (χ1v) is 10.9. The van der Waals surface area contributed by atoms with E-state index in [0.29, 0.717) is 29.5 Å². The lowest BCUT2D eigenvalue weighted by Crippen LogP contribution is -2.36. The minimum atomic E-state index is -0.804. The summed E-state index contributed by atoms with van der Waals surface area (Å²) in [7, 11) is 0. The topological polar surface area (TPSA) is 107 Å². The Morgan fingerprint density at radius 1 is 1.03 bits per heavy atom. The predicted octanol–water partition coefficient (Wildman–Crippen LogP) is 3.19. The monoisotopic (exact) mass is 460 g/mol. The lowest BCUT2D eigenvalue weighted by Gasteiger charge is -2.29. The minimum Gasteiger partial charge on any atom is -0.378 e. The van der Waals surface area contributed by atoms with Gasteiger partial charge in [-0.05, 0) is 42.0 Å². The molecular weight excluding hydrogens is 440 g/mol. The zero-order valence-electron chi connectivity index (χ0n) is 17.7. The molecule has 1 amide bonds. The average molecular weight is 461 g/mol. The molecule has 0 aliphatic carbocycles. The van der Waals surface area contributed by atoms with E-state index in [4.69, 9.17) is 22.1 Å². The Morgan fingerprint density at radius 2 is 1.88 bits per heavy atom. The van der Waals surface area contributed by atoms with E-state index in [9.17, 15) is 4.79 Å². The van der Waals surface area contributed by atoms with Gasteiger partial charge >= 0.3 is 0 Å². The number of rotatable bonds is 5. The summed E-state index contributed by atoms with van der Waals surface area (Å²) >= 11 is 6.50. The first-order valence-electron chi connectivity index (χ1n) is 10.5. The Kier molecular flexibility index (Phi) is 5.85. The van der Waals surface area contributed by atoms with Gasteiger partial charge in [-0.3, -0.25) is 4.79 Å². The van der Waals surface area contributed by atoms with Crippen molar-refractivity contribution < 1.29 is 9.53 Å². The summed E-state index contributed by atoms with van der Waals surface area (Å²) in [6.45, 7) is 3.13. The largest absolute Gasteiger partial charge is 0.378 e. The van der Waals surface area contributed by atoms with Crippen LogP contribution in [0.2, 0.25) is 5.02 Å². The molecule has 0 spiro atoms. The van der Waals surface area contributed by atoms with Crippen LogP contribution in [0.1, 0.15) is 17.2 Å². The van der Waals surface area contributed by atoms with Crippen LogP contribution in [-0.4, -0.2) is 52.1 Å². The van der Waals surface area contributed by atoms with Gasteiger partial charge in [0, 0.05) is 40.9 Å². The summed E-state index contributed by atoms with van der Waals surface area (Å²) in [5.41, 5.74) is 10.3. The van der Waals surface area contributed by atoms with Gasteiger partial charge < -0.3 is 15.4 Å². The van der Waals surface area contributed by atoms with E-state index in [1.54, 1.807) is 24.7 Å². The maximum Gasteiger partial charge on any atom is 0.231 e. The van der Waals surface area contributed by atoms with Crippen molar-refractivity contribution >= 4 is 34.1 Å². The molecule has 1 atom stereocenters. The summed E-state index contributed by atoms with van der Waals surface area (Å²) in [6.07, 6.45) is 4.50. The van der Waals surface area contributed by atoms with Crippen molar-refractivity contribution in [3.8, 4) is 11.3 Å². The van der Waals surface area contributed by atoms with E-state index in [2.05, 4.69) is 37.0 Å². The highest BCUT2D eigenvalue weighted by Crippen LogP contribution is 2.35. The zero-order chi connectivity index (χ0) is 22.8. The second-order valence-corrected chi connectivity index (χ2v) is 8.14. The third-order valence-corrected chi connectivity index (χ3v) is 6.11. The molecule has 1 aliphatic rings. The van der Waals surface area contributed by atoms with E-state index in [1.165, 1.54) is 6.33 Å². The van der Waals surface area contributed by atoms with Crippen molar-refractivity contribution in [3.63, 3.8) is 0 Å². The molecule has 2 aromatic carbocycles. The Balaban J connectivity index is 1.58. The SMILES string of the molecule is NC(=O)C(c1ccncn1)c1cc(-c2ncnc3cc(N4CCOCC4)ccc23)ccc1Cl. The number of morpholine rings is 1. The molecule has 166 valence electrons. The molecule has 0 bridgehead atoms. The standard InChI is InChI=1S/C24H21ClN6O2/c25-19-4-1-15(11-18(19)22(24(26)32)20-5-6-27-13-28-20)23-17-3-2-16(12-21(17)29-14-30-23)31-7-9-33-10-8-31/h1-6,11-14,22H,7-10H2,(H2,26,32). The van der Waals surface area contributed by atoms with Crippen LogP contribution in [0.15, 0.2) is 61.3 Å². The van der Waals surface area contributed by atoms with Crippen LogP contribution in [-0.2, 0) is 9.53 Å². The smallest absolute Gasteiger partial charge is 0.231 e. The molecule has 1 aliphatic heterocycles. The van der Waals surface area contributed by atoms with Gasteiger partial charge in [0.15, 0.2) is 0 Å². The molecule has 1 saturated heterocycles. The second kappa shape index (κ2) is 9.09. The number of carbonyl (C=O) groups is 1. The van der Waals surface area contributed by atoms with Crippen LogP contribution < -0.4 is 10.6 Å². The highest BCUT2D eigenvalue weighted by molar-refractivity contribution is 6.31. The van der Waals surface area contributed by atoms with E-state index in [-0.39, 0.29) is 0 Å². The van der Waals surface area contributed by atoms with Crippen LogP contribution in [0.5, 0.6) is 0 Å². The van der Waals surface area contributed by atoms with Gasteiger partial charge in [-0.15, -0.1) is 0 Å². The number of aromatic nitrogens is 4. The Bertz CT molecular complexity index is 1310. The van der Waals surface area contributed by atoms with Gasteiger partial charge in [0.2, 0.25) is 5.91 Å². The lowest BCUT2D eigenvalue weighted by atomic mass is 9.92. The summed E-state index contributed by atoms with van der Waals surface area (Å²) in [5, 5.41) is 1.33. The molecule has 0 radical (unpaired) electrons. The van der Waals surface area contributed by atoms with Gasteiger partial charge in [0.1, 0.15) is 18.6 Å². The number of nitrogens with two attached hydrogens (primary N) is 1. The van der Waals surface area contributed by atoms with Crippen molar-refractivity contribution in [2.75, 3.05) is 31.2 Å². The summed E-state index contributed by atoms with van der Waals surface area (Å²) in [4.78, 5) is 31.8. The van der Waals surface area contributed by atoms with E-state index >= 15 is 0 Å². The Morgan fingerprint density at radius 3 is 2.64 bits per heavy atom.